The summed E-state index contributed by atoms with van der Waals surface area (Å²) in [7, 11) is 0. The molecule has 0 amide bonds. The molecule has 4 N–H and O–H groups in total. The van der Waals surface area contributed by atoms with E-state index >= 15 is 0 Å². The summed E-state index contributed by atoms with van der Waals surface area (Å²) in [5, 5.41) is 16.4. The van der Waals surface area contributed by atoms with Crippen LogP contribution in [0.2, 0.25) is 0 Å². The molecule has 0 bridgehead atoms. The SMILES string of the molecule is N=C(N)c1ccc(COc2ccccc2CO)c(F)c1. The lowest BCUT2D eigenvalue weighted by molar-refractivity contribution is 0.257. The Kier molecular flexibility index (Phi) is 4.32. The number of hydrogen-bond acceptors (Lipinski definition) is 3. The molecule has 2 aromatic carbocycles. The number of para-hydroxylation sites is 1. The van der Waals surface area contributed by atoms with E-state index in [0.717, 1.165) is 0 Å². The van der Waals surface area contributed by atoms with Crippen molar-refractivity contribution in [2.45, 2.75) is 13.2 Å². The zero-order valence-corrected chi connectivity index (χ0v) is 10.8. The number of hydrogen-bond donors (Lipinski definition) is 3. The molecule has 104 valence electrons. The molecule has 0 fully saturated rings. The minimum atomic E-state index is -0.473. The molecular weight excluding hydrogens is 259 g/mol. The Labute approximate surface area is 116 Å². The third kappa shape index (κ3) is 3.13. The minimum absolute atomic E-state index is 0.0427. The summed E-state index contributed by atoms with van der Waals surface area (Å²) >= 11 is 0. The molecule has 2 rings (SSSR count). The summed E-state index contributed by atoms with van der Waals surface area (Å²) in [6.07, 6.45) is 0. The van der Waals surface area contributed by atoms with E-state index in [1.807, 2.05) is 0 Å². The van der Waals surface area contributed by atoms with Gasteiger partial charge in [0.25, 0.3) is 0 Å². The number of nitrogen functional groups attached to an aromatic ring is 1. The topological polar surface area (TPSA) is 79.3 Å². The highest BCUT2D eigenvalue weighted by Crippen LogP contribution is 2.20. The van der Waals surface area contributed by atoms with Crippen molar-refractivity contribution in [2.75, 3.05) is 0 Å². The average Bonchev–Trinajstić information content (AvgIpc) is 2.46. The highest BCUT2D eigenvalue weighted by atomic mass is 19.1. The standard InChI is InChI=1S/C15H15FN2O2/c16-13-7-10(15(17)18)5-6-12(13)9-20-14-4-2-1-3-11(14)8-19/h1-7,19H,8-9H2,(H3,17,18). The molecule has 5 heteroatoms. The van der Waals surface area contributed by atoms with Crippen LogP contribution in [-0.2, 0) is 13.2 Å². The first-order chi connectivity index (χ1) is 9.61. The van der Waals surface area contributed by atoms with Crippen LogP contribution >= 0.6 is 0 Å². The molecule has 20 heavy (non-hydrogen) atoms. The van der Waals surface area contributed by atoms with Crippen molar-refractivity contribution >= 4 is 5.84 Å². The quantitative estimate of drug-likeness (QED) is 0.577. The molecule has 0 saturated heterocycles. The summed E-state index contributed by atoms with van der Waals surface area (Å²) in [6.45, 7) is -0.0943. The minimum Gasteiger partial charge on any atom is -0.488 e. The fourth-order valence-electron chi connectivity index (χ4n) is 1.76. The second-order valence-corrected chi connectivity index (χ2v) is 4.27. The molecule has 0 unspecified atom stereocenters. The Bertz CT molecular complexity index is 629. The van der Waals surface area contributed by atoms with Crippen LogP contribution in [-0.4, -0.2) is 10.9 Å². The molecule has 0 aliphatic carbocycles. The number of benzene rings is 2. The molecule has 0 aromatic heterocycles. The predicted molar refractivity (Wildman–Crippen MR) is 74.1 cm³/mol. The van der Waals surface area contributed by atoms with E-state index in [1.54, 1.807) is 30.3 Å². The maximum atomic E-state index is 13.8. The van der Waals surface area contributed by atoms with E-state index < -0.39 is 5.82 Å². The average molecular weight is 274 g/mol. The van der Waals surface area contributed by atoms with Crippen LogP contribution in [0.15, 0.2) is 42.5 Å². The van der Waals surface area contributed by atoms with Gasteiger partial charge >= 0.3 is 0 Å². The maximum Gasteiger partial charge on any atom is 0.130 e. The van der Waals surface area contributed by atoms with Gasteiger partial charge in [0.2, 0.25) is 0 Å². The molecule has 0 spiro atoms. The first kappa shape index (κ1) is 14.0. The van der Waals surface area contributed by atoms with Crippen LogP contribution in [0.4, 0.5) is 4.39 Å². The van der Waals surface area contributed by atoms with Gasteiger partial charge < -0.3 is 15.6 Å². The Balaban J connectivity index is 2.13. The van der Waals surface area contributed by atoms with E-state index in [9.17, 15) is 9.50 Å². The number of amidine groups is 1. The van der Waals surface area contributed by atoms with Gasteiger partial charge in [0.05, 0.1) is 6.61 Å². The number of ether oxygens (including phenoxy) is 1. The van der Waals surface area contributed by atoms with Crippen molar-refractivity contribution in [2.24, 2.45) is 5.73 Å². The van der Waals surface area contributed by atoms with Crippen LogP contribution in [0.1, 0.15) is 16.7 Å². The number of nitrogens with one attached hydrogen (secondary N) is 1. The predicted octanol–water partition coefficient (Wildman–Crippen LogP) is 2.18. The largest absolute Gasteiger partial charge is 0.488 e. The van der Waals surface area contributed by atoms with E-state index in [0.29, 0.717) is 22.4 Å². The molecule has 0 saturated carbocycles. The van der Waals surface area contributed by atoms with Crippen molar-refractivity contribution in [3.05, 3.63) is 65.0 Å². The summed E-state index contributed by atoms with van der Waals surface area (Å²) in [4.78, 5) is 0. The third-order valence-electron chi connectivity index (χ3n) is 2.89. The third-order valence-corrected chi connectivity index (χ3v) is 2.89. The van der Waals surface area contributed by atoms with Gasteiger partial charge in [-0.1, -0.05) is 30.3 Å². The lowest BCUT2D eigenvalue weighted by Crippen LogP contribution is -2.12. The van der Waals surface area contributed by atoms with Crippen LogP contribution < -0.4 is 10.5 Å². The molecule has 0 aliphatic rings. The zero-order valence-electron chi connectivity index (χ0n) is 10.8. The van der Waals surface area contributed by atoms with E-state index in [4.69, 9.17) is 15.9 Å². The van der Waals surface area contributed by atoms with Gasteiger partial charge in [0.1, 0.15) is 24.0 Å². The normalized spacial score (nSPS) is 10.3. The summed E-state index contributed by atoms with van der Waals surface area (Å²) in [5.74, 6) is -0.133. The van der Waals surface area contributed by atoms with Crippen LogP contribution in [0.3, 0.4) is 0 Å². The molecule has 0 heterocycles. The monoisotopic (exact) mass is 274 g/mol. The Morgan fingerprint density at radius 2 is 1.95 bits per heavy atom. The molecular formula is C15H15FN2O2. The molecule has 0 radical (unpaired) electrons. The number of aliphatic hydroxyl groups excluding tert-OH is 1. The van der Waals surface area contributed by atoms with Crippen molar-refractivity contribution in [1.82, 2.24) is 0 Å². The van der Waals surface area contributed by atoms with Crippen LogP contribution in [0.25, 0.3) is 0 Å². The molecule has 2 aromatic rings. The second-order valence-electron chi connectivity index (χ2n) is 4.27. The molecule has 0 aliphatic heterocycles. The first-order valence-corrected chi connectivity index (χ1v) is 6.06. The van der Waals surface area contributed by atoms with Crippen molar-refractivity contribution in [1.29, 1.82) is 5.41 Å². The summed E-state index contributed by atoms with van der Waals surface area (Å²) < 4.78 is 19.3. The Morgan fingerprint density at radius 1 is 1.20 bits per heavy atom. The van der Waals surface area contributed by atoms with Gasteiger partial charge in [0.15, 0.2) is 0 Å². The number of rotatable bonds is 5. The number of nitrogens with two attached hydrogens (primary N) is 1. The molecule has 4 nitrogen and oxygen atoms in total. The lowest BCUT2D eigenvalue weighted by atomic mass is 10.1. The summed E-state index contributed by atoms with van der Waals surface area (Å²) in [6, 6.07) is 11.3. The molecule has 0 atom stereocenters. The fourth-order valence-corrected chi connectivity index (χ4v) is 1.76. The van der Waals surface area contributed by atoms with Gasteiger partial charge in [0, 0.05) is 16.7 Å². The van der Waals surface area contributed by atoms with Crippen molar-refractivity contribution in [3.63, 3.8) is 0 Å². The summed E-state index contributed by atoms with van der Waals surface area (Å²) in [5.41, 5.74) is 6.64. The Hall–Kier alpha value is -2.40. The van der Waals surface area contributed by atoms with Gasteiger partial charge in [-0.05, 0) is 12.1 Å². The van der Waals surface area contributed by atoms with Crippen LogP contribution in [0.5, 0.6) is 5.75 Å². The van der Waals surface area contributed by atoms with Gasteiger partial charge in [-0.15, -0.1) is 0 Å². The van der Waals surface area contributed by atoms with Crippen molar-refractivity contribution in [3.8, 4) is 5.75 Å². The first-order valence-electron chi connectivity index (χ1n) is 6.06. The number of aliphatic hydroxyl groups is 1. The van der Waals surface area contributed by atoms with Gasteiger partial charge in [-0.3, -0.25) is 5.41 Å². The number of halogens is 1. The van der Waals surface area contributed by atoms with E-state index in [1.165, 1.54) is 12.1 Å². The van der Waals surface area contributed by atoms with E-state index in [2.05, 4.69) is 0 Å². The van der Waals surface area contributed by atoms with Gasteiger partial charge in [-0.2, -0.15) is 0 Å². The van der Waals surface area contributed by atoms with E-state index in [-0.39, 0.29) is 19.0 Å². The van der Waals surface area contributed by atoms with Crippen molar-refractivity contribution < 1.29 is 14.2 Å². The smallest absolute Gasteiger partial charge is 0.130 e. The Morgan fingerprint density at radius 3 is 2.60 bits per heavy atom. The highest BCUT2D eigenvalue weighted by molar-refractivity contribution is 5.94. The maximum absolute atomic E-state index is 13.8. The highest BCUT2D eigenvalue weighted by Gasteiger charge is 2.07. The zero-order chi connectivity index (χ0) is 14.5. The van der Waals surface area contributed by atoms with Gasteiger partial charge in [-0.25, -0.2) is 4.39 Å². The second kappa shape index (κ2) is 6.16. The van der Waals surface area contributed by atoms with Crippen LogP contribution in [0, 0.1) is 11.2 Å². The fraction of sp³-hybridized carbons (Fsp3) is 0.133. The lowest BCUT2D eigenvalue weighted by Gasteiger charge is -2.11.